The summed E-state index contributed by atoms with van der Waals surface area (Å²) in [5.41, 5.74) is 6.62. The Hall–Kier alpha value is -1.03. The fourth-order valence-corrected chi connectivity index (χ4v) is 1.04. The second-order valence-electron chi connectivity index (χ2n) is 4.60. The van der Waals surface area contributed by atoms with Crippen molar-refractivity contribution in [1.82, 2.24) is 5.32 Å². The van der Waals surface area contributed by atoms with Crippen molar-refractivity contribution in [2.75, 3.05) is 13.1 Å². The summed E-state index contributed by atoms with van der Waals surface area (Å²) < 4.78 is 0. The number of nitrogens with two attached hydrogens (primary N) is 1. The van der Waals surface area contributed by atoms with E-state index in [9.17, 15) is 0 Å². The monoisotopic (exact) mass is 213 g/mol. The highest BCUT2D eigenvalue weighted by Gasteiger charge is 2.22. The smallest absolute Gasteiger partial charge is 0.144 e. The molecule has 0 aliphatic heterocycles. The molecule has 0 spiro atoms. The van der Waals surface area contributed by atoms with Gasteiger partial charge in [0.1, 0.15) is 5.84 Å². The predicted octanol–water partition coefficient (Wildman–Crippen LogP) is 1.70. The van der Waals surface area contributed by atoms with Gasteiger partial charge in [-0.05, 0) is 26.8 Å². The minimum absolute atomic E-state index is 0.257. The van der Waals surface area contributed by atoms with Crippen LogP contribution in [0.15, 0.2) is 16.8 Å². The van der Waals surface area contributed by atoms with Gasteiger partial charge in [-0.2, -0.15) is 0 Å². The van der Waals surface area contributed by atoms with Crippen molar-refractivity contribution < 1.29 is 5.21 Å². The average Bonchev–Trinajstić information content (AvgIpc) is 2.15. The standard InChI is InChI=1S/C11H23N3O/c1-9(2)5-7-13-8-6-11(3,4)10(12)14-15/h5,13,15H,6-8H2,1-4H3,(H2,12,14). The van der Waals surface area contributed by atoms with Crippen LogP contribution in [0.4, 0.5) is 0 Å². The molecule has 4 heteroatoms. The van der Waals surface area contributed by atoms with Crippen LogP contribution < -0.4 is 11.1 Å². The molecule has 0 unspecified atom stereocenters. The molecule has 88 valence electrons. The first-order valence-electron chi connectivity index (χ1n) is 5.22. The number of allylic oxidation sites excluding steroid dienone is 1. The molecule has 0 heterocycles. The van der Waals surface area contributed by atoms with E-state index in [-0.39, 0.29) is 11.3 Å². The highest BCUT2D eigenvalue weighted by Crippen LogP contribution is 2.19. The summed E-state index contributed by atoms with van der Waals surface area (Å²) in [6.45, 7) is 9.79. The highest BCUT2D eigenvalue weighted by molar-refractivity contribution is 5.85. The quantitative estimate of drug-likeness (QED) is 0.157. The van der Waals surface area contributed by atoms with Crippen LogP contribution in [0.3, 0.4) is 0 Å². The molecule has 4 nitrogen and oxygen atoms in total. The van der Waals surface area contributed by atoms with E-state index < -0.39 is 0 Å². The number of amidine groups is 1. The summed E-state index contributed by atoms with van der Waals surface area (Å²) in [4.78, 5) is 0. The van der Waals surface area contributed by atoms with Gasteiger partial charge in [-0.25, -0.2) is 0 Å². The molecule has 0 bridgehead atoms. The Morgan fingerprint density at radius 3 is 2.53 bits per heavy atom. The van der Waals surface area contributed by atoms with Crippen LogP contribution in [0.25, 0.3) is 0 Å². The third-order valence-corrected chi connectivity index (χ3v) is 2.38. The van der Waals surface area contributed by atoms with Crippen LogP contribution in [0.1, 0.15) is 34.1 Å². The van der Waals surface area contributed by atoms with E-state index in [2.05, 4.69) is 30.4 Å². The third kappa shape index (κ3) is 6.12. The molecule has 0 aromatic carbocycles. The lowest BCUT2D eigenvalue weighted by Gasteiger charge is -2.22. The third-order valence-electron chi connectivity index (χ3n) is 2.38. The van der Waals surface area contributed by atoms with Crippen molar-refractivity contribution in [2.45, 2.75) is 34.1 Å². The van der Waals surface area contributed by atoms with Crippen LogP contribution in [-0.2, 0) is 0 Å². The number of rotatable bonds is 6. The van der Waals surface area contributed by atoms with Crippen LogP contribution in [0, 0.1) is 5.41 Å². The lowest BCUT2D eigenvalue weighted by atomic mass is 9.88. The summed E-state index contributed by atoms with van der Waals surface area (Å²) in [6.07, 6.45) is 2.98. The largest absolute Gasteiger partial charge is 0.409 e. The van der Waals surface area contributed by atoms with Gasteiger partial charge in [-0.1, -0.05) is 30.7 Å². The molecule has 15 heavy (non-hydrogen) atoms. The average molecular weight is 213 g/mol. The summed E-state index contributed by atoms with van der Waals surface area (Å²) in [6, 6.07) is 0. The Morgan fingerprint density at radius 2 is 2.07 bits per heavy atom. The number of nitrogens with one attached hydrogen (secondary N) is 1. The first-order valence-corrected chi connectivity index (χ1v) is 5.22. The normalized spacial score (nSPS) is 12.7. The summed E-state index contributed by atoms with van der Waals surface area (Å²) in [5, 5.41) is 14.9. The molecule has 0 saturated carbocycles. The molecule has 0 aromatic rings. The number of nitrogens with zero attached hydrogens (tertiary/aromatic N) is 1. The molecule has 0 amide bonds. The molecular formula is C11H23N3O. The Bertz CT molecular complexity index is 240. The highest BCUT2D eigenvalue weighted by atomic mass is 16.4. The van der Waals surface area contributed by atoms with Gasteiger partial charge in [-0.3, -0.25) is 0 Å². The van der Waals surface area contributed by atoms with Crippen molar-refractivity contribution >= 4 is 5.84 Å². The van der Waals surface area contributed by atoms with E-state index >= 15 is 0 Å². The topological polar surface area (TPSA) is 70.6 Å². The molecule has 0 fully saturated rings. The Labute approximate surface area is 92.2 Å². The van der Waals surface area contributed by atoms with Crippen LogP contribution in [0.2, 0.25) is 0 Å². The Kier molecular flexibility index (Phi) is 6.01. The molecule has 0 aliphatic carbocycles. The maximum atomic E-state index is 8.58. The van der Waals surface area contributed by atoms with Crippen LogP contribution in [-0.4, -0.2) is 24.1 Å². The van der Waals surface area contributed by atoms with Crippen LogP contribution in [0.5, 0.6) is 0 Å². The van der Waals surface area contributed by atoms with E-state index in [1.165, 1.54) is 5.57 Å². The van der Waals surface area contributed by atoms with Gasteiger partial charge in [0.25, 0.3) is 0 Å². The van der Waals surface area contributed by atoms with E-state index in [1.807, 2.05) is 13.8 Å². The fourth-order valence-electron chi connectivity index (χ4n) is 1.04. The van der Waals surface area contributed by atoms with Gasteiger partial charge in [0.2, 0.25) is 0 Å². The molecule has 0 saturated heterocycles. The van der Waals surface area contributed by atoms with Gasteiger partial charge < -0.3 is 16.3 Å². The molecule has 0 atom stereocenters. The minimum Gasteiger partial charge on any atom is -0.409 e. The van der Waals surface area contributed by atoms with Crippen LogP contribution >= 0.6 is 0 Å². The van der Waals surface area contributed by atoms with Gasteiger partial charge in [-0.15, -0.1) is 0 Å². The molecular weight excluding hydrogens is 190 g/mol. The minimum atomic E-state index is -0.257. The summed E-state index contributed by atoms with van der Waals surface area (Å²) in [5.74, 6) is 0.284. The van der Waals surface area contributed by atoms with Crippen molar-refractivity contribution in [2.24, 2.45) is 16.3 Å². The Morgan fingerprint density at radius 1 is 1.47 bits per heavy atom. The maximum absolute atomic E-state index is 8.58. The second-order valence-corrected chi connectivity index (χ2v) is 4.60. The Balaban J connectivity index is 3.81. The SMILES string of the molecule is CC(C)=CCNCCC(C)(C)C(N)=NO. The number of hydrogen-bond donors (Lipinski definition) is 3. The van der Waals surface area contributed by atoms with Crippen molar-refractivity contribution in [3.05, 3.63) is 11.6 Å². The first-order chi connectivity index (χ1) is 6.90. The molecule has 4 N–H and O–H groups in total. The van der Waals surface area contributed by atoms with Crippen molar-refractivity contribution in [1.29, 1.82) is 0 Å². The summed E-state index contributed by atoms with van der Waals surface area (Å²) >= 11 is 0. The van der Waals surface area contributed by atoms with E-state index in [4.69, 9.17) is 10.9 Å². The number of oxime groups is 1. The zero-order valence-corrected chi connectivity index (χ0v) is 10.2. The van der Waals surface area contributed by atoms with E-state index in [0.29, 0.717) is 0 Å². The van der Waals surface area contributed by atoms with Gasteiger partial charge >= 0.3 is 0 Å². The zero-order chi connectivity index (χ0) is 11.9. The molecule has 0 aliphatic rings. The van der Waals surface area contributed by atoms with E-state index in [0.717, 1.165) is 19.5 Å². The lowest BCUT2D eigenvalue weighted by Crippen LogP contribution is -2.34. The summed E-state index contributed by atoms with van der Waals surface area (Å²) in [7, 11) is 0. The van der Waals surface area contributed by atoms with Crippen molar-refractivity contribution in [3.63, 3.8) is 0 Å². The first kappa shape index (κ1) is 14.0. The molecule has 0 radical (unpaired) electrons. The maximum Gasteiger partial charge on any atom is 0.144 e. The molecule has 0 aromatic heterocycles. The number of hydrogen-bond acceptors (Lipinski definition) is 3. The van der Waals surface area contributed by atoms with Gasteiger partial charge in [0.05, 0.1) is 0 Å². The fraction of sp³-hybridized carbons (Fsp3) is 0.727. The predicted molar refractivity (Wildman–Crippen MR) is 64.1 cm³/mol. The lowest BCUT2D eigenvalue weighted by molar-refractivity contribution is 0.305. The van der Waals surface area contributed by atoms with Gasteiger partial charge in [0, 0.05) is 12.0 Å². The zero-order valence-electron chi connectivity index (χ0n) is 10.2. The van der Waals surface area contributed by atoms with Crippen molar-refractivity contribution in [3.8, 4) is 0 Å². The second kappa shape index (κ2) is 6.45. The van der Waals surface area contributed by atoms with Gasteiger partial charge in [0.15, 0.2) is 0 Å². The molecule has 0 rings (SSSR count). The van der Waals surface area contributed by atoms with E-state index in [1.54, 1.807) is 0 Å².